The standard InChI is InChI=1S/C18H30N6O3/c1-6-7-8-19-15(26)16(27)21-13-9-11(2)23-24(13)17-20-12(18(3,4)5)10-14(25)22-17/h9,12,17,20H,6-8,10H2,1-5H3,(H,19,26)(H,21,27)(H,22,25). The van der Waals surface area contributed by atoms with Crippen LogP contribution < -0.4 is 21.3 Å². The zero-order chi connectivity index (χ0) is 20.2. The number of aryl methyl sites for hydroxylation is 1. The van der Waals surface area contributed by atoms with Crippen molar-refractivity contribution in [2.24, 2.45) is 5.41 Å². The maximum Gasteiger partial charge on any atom is 0.314 e. The van der Waals surface area contributed by atoms with E-state index < -0.39 is 18.1 Å². The van der Waals surface area contributed by atoms with E-state index in [1.165, 1.54) is 4.68 Å². The summed E-state index contributed by atoms with van der Waals surface area (Å²) in [6, 6.07) is 1.60. The summed E-state index contributed by atoms with van der Waals surface area (Å²) in [6.07, 6.45) is 1.49. The highest BCUT2D eigenvalue weighted by molar-refractivity contribution is 6.39. The summed E-state index contributed by atoms with van der Waals surface area (Å²) in [5.41, 5.74) is 0.534. The van der Waals surface area contributed by atoms with Crippen LogP contribution in [0.5, 0.6) is 0 Å². The largest absolute Gasteiger partial charge is 0.348 e. The van der Waals surface area contributed by atoms with E-state index in [0.717, 1.165) is 12.8 Å². The van der Waals surface area contributed by atoms with E-state index in [4.69, 9.17) is 0 Å². The van der Waals surface area contributed by atoms with Gasteiger partial charge >= 0.3 is 11.8 Å². The van der Waals surface area contributed by atoms with Crippen molar-refractivity contribution in [2.45, 2.75) is 66.2 Å². The van der Waals surface area contributed by atoms with Crippen LogP contribution in [0.25, 0.3) is 0 Å². The molecular formula is C18H30N6O3. The summed E-state index contributed by atoms with van der Waals surface area (Å²) >= 11 is 0. The molecule has 1 aromatic heterocycles. The van der Waals surface area contributed by atoms with Crippen LogP contribution in [0.15, 0.2) is 6.07 Å². The molecule has 2 atom stereocenters. The SMILES string of the molecule is CCCCNC(=O)C(=O)Nc1cc(C)nn1C1NC(=O)CC(C(C)(C)C)N1. The zero-order valence-corrected chi connectivity index (χ0v) is 16.7. The summed E-state index contributed by atoms with van der Waals surface area (Å²) in [5.74, 6) is -1.21. The number of carbonyl (C=O) groups is 3. The minimum Gasteiger partial charge on any atom is -0.348 e. The number of rotatable bonds is 5. The van der Waals surface area contributed by atoms with Gasteiger partial charge in [-0.2, -0.15) is 5.10 Å². The summed E-state index contributed by atoms with van der Waals surface area (Å²) in [5, 5.41) is 15.7. The van der Waals surface area contributed by atoms with E-state index in [-0.39, 0.29) is 17.4 Å². The van der Waals surface area contributed by atoms with Crippen LogP contribution in [-0.2, 0) is 14.4 Å². The highest BCUT2D eigenvalue weighted by Gasteiger charge is 2.35. The van der Waals surface area contributed by atoms with Crippen LogP contribution in [-0.4, -0.2) is 40.1 Å². The molecule has 0 bridgehead atoms. The van der Waals surface area contributed by atoms with E-state index in [1.54, 1.807) is 13.0 Å². The number of unbranched alkanes of at least 4 members (excludes halogenated alkanes) is 1. The van der Waals surface area contributed by atoms with Gasteiger partial charge < -0.3 is 16.0 Å². The maximum atomic E-state index is 12.2. The summed E-state index contributed by atoms with van der Waals surface area (Å²) in [7, 11) is 0. The highest BCUT2D eigenvalue weighted by Crippen LogP contribution is 2.26. The predicted molar refractivity (Wildman–Crippen MR) is 102 cm³/mol. The number of nitrogens with zero attached hydrogens (tertiary/aromatic N) is 2. The van der Waals surface area contributed by atoms with Gasteiger partial charge in [0.05, 0.1) is 5.69 Å². The van der Waals surface area contributed by atoms with Crippen LogP contribution in [0.1, 0.15) is 58.9 Å². The average Bonchev–Trinajstić information content (AvgIpc) is 2.94. The Morgan fingerprint density at radius 2 is 2.04 bits per heavy atom. The van der Waals surface area contributed by atoms with Gasteiger partial charge in [-0.3, -0.25) is 19.7 Å². The molecule has 3 amide bonds. The third kappa shape index (κ3) is 5.53. The number of hydrogen-bond donors (Lipinski definition) is 4. The van der Waals surface area contributed by atoms with E-state index in [0.29, 0.717) is 24.5 Å². The van der Waals surface area contributed by atoms with Gasteiger partial charge in [-0.1, -0.05) is 34.1 Å². The second kappa shape index (κ2) is 8.51. The number of anilines is 1. The highest BCUT2D eigenvalue weighted by atomic mass is 16.2. The molecule has 27 heavy (non-hydrogen) atoms. The van der Waals surface area contributed by atoms with E-state index in [2.05, 4.69) is 47.1 Å². The van der Waals surface area contributed by atoms with Gasteiger partial charge in [-0.25, -0.2) is 4.68 Å². The molecule has 4 N–H and O–H groups in total. The monoisotopic (exact) mass is 378 g/mol. The molecule has 0 spiro atoms. The van der Waals surface area contributed by atoms with E-state index in [9.17, 15) is 14.4 Å². The first-order valence-corrected chi connectivity index (χ1v) is 9.32. The average molecular weight is 378 g/mol. The third-order valence-corrected chi connectivity index (χ3v) is 4.46. The molecule has 150 valence electrons. The number of hydrogen-bond acceptors (Lipinski definition) is 5. The van der Waals surface area contributed by atoms with Gasteiger partial charge in [0.2, 0.25) is 5.91 Å². The van der Waals surface area contributed by atoms with Crippen molar-refractivity contribution in [3.8, 4) is 0 Å². The van der Waals surface area contributed by atoms with Crippen molar-refractivity contribution in [3.05, 3.63) is 11.8 Å². The molecule has 0 aliphatic carbocycles. The smallest absolute Gasteiger partial charge is 0.314 e. The zero-order valence-electron chi connectivity index (χ0n) is 16.7. The van der Waals surface area contributed by atoms with Crippen LogP contribution >= 0.6 is 0 Å². The minimum atomic E-state index is -0.762. The summed E-state index contributed by atoms with van der Waals surface area (Å²) < 4.78 is 1.49. The van der Waals surface area contributed by atoms with Crippen LogP contribution in [0.3, 0.4) is 0 Å². The molecule has 0 radical (unpaired) electrons. The minimum absolute atomic E-state index is 0.0540. The van der Waals surface area contributed by atoms with Gasteiger partial charge in [0.25, 0.3) is 0 Å². The molecule has 1 aliphatic heterocycles. The number of aromatic nitrogens is 2. The van der Waals surface area contributed by atoms with Crippen LogP contribution in [0, 0.1) is 12.3 Å². The Hall–Kier alpha value is -2.42. The molecular weight excluding hydrogens is 348 g/mol. The van der Waals surface area contributed by atoms with Crippen LogP contribution in [0.2, 0.25) is 0 Å². The Morgan fingerprint density at radius 1 is 1.33 bits per heavy atom. The fraction of sp³-hybridized carbons (Fsp3) is 0.667. The van der Waals surface area contributed by atoms with Crippen molar-refractivity contribution in [2.75, 3.05) is 11.9 Å². The molecule has 2 heterocycles. The Morgan fingerprint density at radius 3 is 2.67 bits per heavy atom. The fourth-order valence-electron chi connectivity index (χ4n) is 2.81. The van der Waals surface area contributed by atoms with Crippen molar-refractivity contribution in [1.29, 1.82) is 0 Å². The lowest BCUT2D eigenvalue weighted by Gasteiger charge is -2.39. The first-order chi connectivity index (χ1) is 12.6. The molecule has 1 saturated heterocycles. The molecule has 1 aromatic rings. The van der Waals surface area contributed by atoms with Gasteiger partial charge in [-0.05, 0) is 18.8 Å². The number of carbonyl (C=O) groups excluding carboxylic acids is 3. The quantitative estimate of drug-likeness (QED) is 0.451. The lowest BCUT2D eigenvalue weighted by Crippen LogP contribution is -2.57. The Balaban J connectivity index is 2.14. The molecule has 1 aliphatic rings. The van der Waals surface area contributed by atoms with Crippen molar-refractivity contribution in [3.63, 3.8) is 0 Å². The fourth-order valence-corrected chi connectivity index (χ4v) is 2.81. The van der Waals surface area contributed by atoms with Gasteiger partial charge in [-0.15, -0.1) is 0 Å². The van der Waals surface area contributed by atoms with Crippen LogP contribution in [0.4, 0.5) is 5.82 Å². The third-order valence-electron chi connectivity index (χ3n) is 4.46. The lowest BCUT2D eigenvalue weighted by molar-refractivity contribution is -0.136. The van der Waals surface area contributed by atoms with Crippen molar-refractivity contribution < 1.29 is 14.4 Å². The topological polar surface area (TPSA) is 117 Å². The first-order valence-electron chi connectivity index (χ1n) is 9.32. The Labute approximate surface area is 159 Å². The molecule has 2 rings (SSSR count). The van der Waals surface area contributed by atoms with Gasteiger partial charge in [0.1, 0.15) is 5.82 Å². The Bertz CT molecular complexity index is 706. The molecule has 0 aromatic carbocycles. The predicted octanol–water partition coefficient (Wildman–Crippen LogP) is 1.03. The molecule has 1 fully saturated rings. The van der Waals surface area contributed by atoms with E-state index >= 15 is 0 Å². The summed E-state index contributed by atoms with van der Waals surface area (Å²) in [4.78, 5) is 36.2. The lowest BCUT2D eigenvalue weighted by atomic mass is 9.84. The first kappa shape index (κ1) is 20.9. The second-order valence-electron chi connectivity index (χ2n) is 7.94. The van der Waals surface area contributed by atoms with Gasteiger partial charge in [0.15, 0.2) is 6.29 Å². The normalized spacial score (nSPS) is 20.1. The molecule has 2 unspecified atom stereocenters. The number of amides is 3. The molecule has 9 nitrogen and oxygen atoms in total. The maximum absolute atomic E-state index is 12.2. The molecule has 9 heteroatoms. The van der Waals surface area contributed by atoms with Crippen molar-refractivity contribution in [1.82, 2.24) is 25.7 Å². The number of nitrogens with one attached hydrogen (secondary N) is 4. The second-order valence-corrected chi connectivity index (χ2v) is 7.94. The summed E-state index contributed by atoms with van der Waals surface area (Å²) in [6.45, 7) is 10.4. The van der Waals surface area contributed by atoms with Crippen molar-refractivity contribution >= 4 is 23.5 Å². The molecule has 0 saturated carbocycles. The van der Waals surface area contributed by atoms with E-state index in [1.807, 2.05) is 6.92 Å². The van der Waals surface area contributed by atoms with Gasteiger partial charge in [0, 0.05) is 25.1 Å². The Kier molecular flexibility index (Phi) is 6.59.